The molecule has 0 saturated carbocycles. The van der Waals surface area contributed by atoms with E-state index in [9.17, 15) is 0 Å². The smallest absolute Gasteiger partial charge is 0.0632 e. The second-order valence-electron chi connectivity index (χ2n) is 5.76. The van der Waals surface area contributed by atoms with Gasteiger partial charge in [0.25, 0.3) is 5.90 Å². The second kappa shape index (κ2) is 7.37. The zero-order valence-electron chi connectivity index (χ0n) is 13.5. The molecule has 2 rings (SSSR count). The van der Waals surface area contributed by atoms with Crippen LogP contribution in [0.2, 0.25) is 12.6 Å². The van der Waals surface area contributed by atoms with Gasteiger partial charge in [-0.1, -0.05) is 36.3 Å². The highest BCUT2D eigenvalue weighted by atomic mass is 32.9. The van der Waals surface area contributed by atoms with Crippen LogP contribution in [0.25, 0.3) is 0 Å². The number of benzene rings is 1. The van der Waals surface area contributed by atoms with Gasteiger partial charge in [0.2, 0.25) is 0 Å². The summed E-state index contributed by atoms with van der Waals surface area (Å²) in [6.07, 6.45) is 0. The number of rotatable bonds is 3. The van der Waals surface area contributed by atoms with Gasteiger partial charge in [-0.25, -0.2) is 0 Å². The minimum Gasteiger partial charge on any atom is -0.0632 e. The summed E-state index contributed by atoms with van der Waals surface area (Å²) in [5, 5.41) is 1.39. The summed E-state index contributed by atoms with van der Waals surface area (Å²) >= 11 is 4.86. The molecule has 4 heteroatoms. The molecule has 1 aromatic rings. The van der Waals surface area contributed by atoms with E-state index in [1.54, 1.807) is 16.7 Å². The van der Waals surface area contributed by atoms with E-state index < -0.39 is 7.50 Å². The minimum absolute atomic E-state index is 0.366. The molecule has 21 heavy (non-hydrogen) atoms. The first kappa shape index (κ1) is 17.1. The van der Waals surface area contributed by atoms with Crippen LogP contribution in [-0.4, -0.2) is 7.50 Å². The second-order valence-corrected chi connectivity index (χ2v) is 16.1. The van der Waals surface area contributed by atoms with Gasteiger partial charge >= 0.3 is 0 Å². The van der Waals surface area contributed by atoms with Crippen molar-refractivity contribution >= 4 is 40.9 Å². The van der Waals surface area contributed by atoms with Crippen molar-refractivity contribution in [1.29, 1.82) is 0 Å². The Bertz CT molecular complexity index is 680. The van der Waals surface area contributed by atoms with Gasteiger partial charge in [0.05, 0.1) is 12.2 Å². The predicted molar refractivity (Wildman–Crippen MR) is 106 cm³/mol. The summed E-state index contributed by atoms with van der Waals surface area (Å²) in [5.74, 6) is 0.281. The Balaban J connectivity index is 2.27. The molecule has 0 bridgehead atoms. The molecule has 0 aromatic heterocycles. The van der Waals surface area contributed by atoms with E-state index in [1.807, 2.05) is 0 Å². The van der Waals surface area contributed by atoms with Crippen molar-refractivity contribution < 1.29 is 0 Å². The lowest BCUT2D eigenvalue weighted by Crippen LogP contribution is -2.03. The lowest BCUT2D eigenvalue weighted by atomic mass is 10.00. The first-order chi connectivity index (χ1) is 9.91. The molecule has 0 spiro atoms. The van der Waals surface area contributed by atoms with Crippen LogP contribution in [-0.2, 0) is 9.94 Å². The Hall–Kier alpha value is -0.213. The molecule has 1 aliphatic carbocycles. The summed E-state index contributed by atoms with van der Waals surface area (Å²) in [5.41, 5.74) is 6.32. The summed E-state index contributed by atoms with van der Waals surface area (Å²) in [6, 6.07) is 12.0. The standard InChI is InChI=1S/C17H24PS2Si/c1-12-13(2)15(4)17(14(12)3)11-21(5)20-18(19)16-9-7-6-8-10-16/h6-10,14,19H,11H2,1-5H3/q+1. The Kier molecular flexibility index (Phi) is 6.02. The molecule has 0 fully saturated rings. The van der Waals surface area contributed by atoms with Crippen LogP contribution in [0.1, 0.15) is 27.7 Å². The molecule has 0 saturated heterocycles. The molecule has 2 atom stereocenters. The van der Waals surface area contributed by atoms with Gasteiger partial charge in [-0.3, -0.25) is 0 Å². The zero-order chi connectivity index (χ0) is 15.6. The Labute approximate surface area is 139 Å². The summed E-state index contributed by atoms with van der Waals surface area (Å²) in [4.78, 5) is 0. The molecule has 0 radical (unpaired) electrons. The highest BCUT2D eigenvalue weighted by Gasteiger charge is 2.24. The Morgan fingerprint density at radius 1 is 1.14 bits per heavy atom. The highest BCUT2D eigenvalue weighted by Crippen LogP contribution is 2.38. The topological polar surface area (TPSA) is 0 Å². The number of allylic oxidation sites excluding steroid dienone is 4. The van der Waals surface area contributed by atoms with Crippen LogP contribution >= 0.6 is 18.1 Å². The molecule has 0 nitrogen and oxygen atoms in total. The normalized spacial score (nSPS) is 19.1. The zero-order valence-corrected chi connectivity index (χ0v) is 17.1. The van der Waals surface area contributed by atoms with Gasteiger partial charge in [-0.2, -0.15) is 0 Å². The van der Waals surface area contributed by atoms with E-state index in [4.69, 9.17) is 12.2 Å². The molecule has 0 aliphatic heterocycles. The van der Waals surface area contributed by atoms with Crippen LogP contribution in [0.3, 0.4) is 0 Å². The quantitative estimate of drug-likeness (QED) is 0.411. The van der Waals surface area contributed by atoms with Crippen molar-refractivity contribution in [2.75, 3.05) is 0 Å². The predicted octanol–water partition coefficient (Wildman–Crippen LogP) is 5.56. The van der Waals surface area contributed by atoms with E-state index in [0.29, 0.717) is 5.92 Å². The van der Waals surface area contributed by atoms with Crippen molar-refractivity contribution in [1.82, 2.24) is 0 Å². The largest absolute Gasteiger partial charge is 0.256 e. The fourth-order valence-electron chi connectivity index (χ4n) is 2.79. The van der Waals surface area contributed by atoms with Crippen LogP contribution in [0.5, 0.6) is 0 Å². The molecule has 1 aromatic carbocycles. The van der Waals surface area contributed by atoms with E-state index in [1.165, 1.54) is 16.9 Å². The molecular formula is C17H24PS2Si+. The van der Waals surface area contributed by atoms with Crippen molar-refractivity contribution in [3.8, 4) is 0 Å². The van der Waals surface area contributed by atoms with Crippen LogP contribution < -0.4 is 5.30 Å². The Morgan fingerprint density at radius 3 is 2.29 bits per heavy atom. The van der Waals surface area contributed by atoms with E-state index in [0.717, 1.165) is 0 Å². The fourth-order valence-corrected chi connectivity index (χ4v) is 15.4. The molecule has 1 aliphatic rings. The van der Waals surface area contributed by atoms with E-state index >= 15 is 0 Å². The summed E-state index contributed by atoms with van der Waals surface area (Å²) in [7, 11) is 1.68. The van der Waals surface area contributed by atoms with Gasteiger partial charge in [-0.05, 0) is 62.6 Å². The Morgan fingerprint density at radius 2 is 1.76 bits per heavy atom. The number of thiol groups is 1. The van der Waals surface area contributed by atoms with Crippen molar-refractivity contribution in [2.24, 2.45) is 5.92 Å². The third-order valence-electron chi connectivity index (χ3n) is 4.47. The maximum Gasteiger partial charge on any atom is 0.256 e. The molecule has 0 amide bonds. The van der Waals surface area contributed by atoms with Crippen molar-refractivity contribution in [2.45, 2.75) is 40.3 Å². The van der Waals surface area contributed by atoms with Crippen LogP contribution in [0, 0.1) is 5.92 Å². The van der Waals surface area contributed by atoms with Gasteiger partial charge in [0.15, 0.2) is 5.30 Å². The molecule has 0 N–H and O–H groups in total. The minimum atomic E-state index is -0.446. The number of hydrogen-bond acceptors (Lipinski definition) is 0. The van der Waals surface area contributed by atoms with Crippen molar-refractivity contribution in [3.63, 3.8) is 0 Å². The summed E-state index contributed by atoms with van der Waals surface area (Å²) in [6.45, 7) is 11.7. The average Bonchev–Trinajstić information content (AvgIpc) is 2.66. The molecule has 2 unspecified atom stereocenters. The van der Waals surface area contributed by atoms with Crippen LogP contribution in [0.4, 0.5) is 0 Å². The fraction of sp³-hybridized carbons (Fsp3) is 0.412. The molecule has 0 heterocycles. The SMILES string of the molecule is CC1=C(C)C(C)C(C[Si](C)=S=[P+](S)c2ccccc2)=C1C. The lowest BCUT2D eigenvalue weighted by Gasteiger charge is -2.11. The first-order valence-electron chi connectivity index (χ1n) is 7.33. The first-order valence-corrected chi connectivity index (χ1v) is 14.2. The number of hydrogen-bond donors (Lipinski definition) is 1. The van der Waals surface area contributed by atoms with Gasteiger partial charge in [0, 0.05) is 9.94 Å². The maximum absolute atomic E-state index is 4.86. The molecule has 112 valence electrons. The maximum atomic E-state index is 4.86. The van der Waals surface area contributed by atoms with Gasteiger partial charge < -0.3 is 0 Å². The van der Waals surface area contributed by atoms with Crippen molar-refractivity contribution in [3.05, 3.63) is 52.6 Å². The third kappa shape index (κ3) is 3.95. The average molecular weight is 352 g/mol. The van der Waals surface area contributed by atoms with E-state index in [-0.39, 0.29) is 5.90 Å². The monoisotopic (exact) mass is 351 g/mol. The molecular weight excluding hydrogens is 327 g/mol. The summed E-state index contributed by atoms with van der Waals surface area (Å²) < 4.78 is 0. The third-order valence-corrected chi connectivity index (χ3v) is 16.3. The van der Waals surface area contributed by atoms with E-state index in [2.05, 4.69) is 74.5 Å². The van der Waals surface area contributed by atoms with Gasteiger partial charge in [0.1, 0.15) is 7.50 Å². The van der Waals surface area contributed by atoms with Gasteiger partial charge in [-0.15, -0.1) is 0 Å². The lowest BCUT2D eigenvalue weighted by molar-refractivity contribution is 0.813. The van der Waals surface area contributed by atoms with Crippen LogP contribution in [0.15, 0.2) is 52.6 Å². The highest BCUT2D eigenvalue weighted by molar-refractivity contribution is 8.61.